The molecule has 1 aliphatic heterocycles. The fraction of sp³-hybridized carbons (Fsp3) is 0.308. The van der Waals surface area contributed by atoms with Gasteiger partial charge in [0.15, 0.2) is 0 Å². The molecular weight excluding hydrogens is 260 g/mol. The van der Waals surface area contributed by atoms with Crippen molar-refractivity contribution in [2.24, 2.45) is 0 Å². The minimum absolute atomic E-state index is 0.450. The SMILES string of the molecule is O=C(Nc1ccc2nc[nH]c2c1)C(=O)N1CCOCC1. The number of amides is 2. The first kappa shape index (κ1) is 12.6. The Labute approximate surface area is 114 Å². The molecule has 0 radical (unpaired) electrons. The number of hydrogen-bond acceptors (Lipinski definition) is 4. The van der Waals surface area contributed by atoms with Crippen LogP contribution < -0.4 is 5.32 Å². The smallest absolute Gasteiger partial charge is 0.313 e. The summed E-state index contributed by atoms with van der Waals surface area (Å²) in [6.07, 6.45) is 1.58. The van der Waals surface area contributed by atoms with Gasteiger partial charge < -0.3 is 19.9 Å². The molecule has 2 amide bonds. The largest absolute Gasteiger partial charge is 0.378 e. The number of anilines is 1. The molecule has 104 valence electrons. The van der Waals surface area contributed by atoms with Crippen LogP contribution in [-0.4, -0.2) is 53.0 Å². The number of benzene rings is 1. The second-order valence-corrected chi connectivity index (χ2v) is 4.49. The summed E-state index contributed by atoms with van der Waals surface area (Å²) in [5.41, 5.74) is 2.18. The van der Waals surface area contributed by atoms with Crippen molar-refractivity contribution in [2.75, 3.05) is 31.6 Å². The monoisotopic (exact) mass is 274 g/mol. The van der Waals surface area contributed by atoms with Crippen LogP contribution in [0, 0.1) is 0 Å². The molecule has 2 aromatic rings. The molecule has 1 fully saturated rings. The zero-order valence-electron chi connectivity index (χ0n) is 10.8. The molecule has 7 heteroatoms. The van der Waals surface area contributed by atoms with Crippen LogP contribution in [0.15, 0.2) is 24.5 Å². The number of aromatic amines is 1. The summed E-state index contributed by atoms with van der Waals surface area (Å²) < 4.78 is 5.15. The summed E-state index contributed by atoms with van der Waals surface area (Å²) in [6.45, 7) is 1.84. The van der Waals surface area contributed by atoms with Gasteiger partial charge in [-0.2, -0.15) is 0 Å². The van der Waals surface area contributed by atoms with Gasteiger partial charge in [-0.3, -0.25) is 9.59 Å². The highest BCUT2D eigenvalue weighted by molar-refractivity contribution is 6.39. The highest BCUT2D eigenvalue weighted by Gasteiger charge is 2.23. The summed E-state index contributed by atoms with van der Waals surface area (Å²) in [5.74, 6) is -1.16. The maximum atomic E-state index is 12.0. The maximum absolute atomic E-state index is 12.0. The highest BCUT2D eigenvalue weighted by Crippen LogP contribution is 2.15. The van der Waals surface area contributed by atoms with Crippen molar-refractivity contribution in [3.05, 3.63) is 24.5 Å². The third-order valence-electron chi connectivity index (χ3n) is 3.17. The van der Waals surface area contributed by atoms with Gasteiger partial charge in [0, 0.05) is 18.8 Å². The van der Waals surface area contributed by atoms with E-state index in [9.17, 15) is 9.59 Å². The molecule has 0 unspecified atom stereocenters. The van der Waals surface area contributed by atoms with E-state index in [1.165, 1.54) is 4.90 Å². The lowest BCUT2D eigenvalue weighted by Gasteiger charge is -2.26. The number of aromatic nitrogens is 2. The molecule has 1 aliphatic rings. The van der Waals surface area contributed by atoms with Gasteiger partial charge in [-0.05, 0) is 18.2 Å². The molecule has 2 heterocycles. The topological polar surface area (TPSA) is 87.3 Å². The minimum Gasteiger partial charge on any atom is -0.378 e. The number of carbonyl (C=O) groups excluding carboxylic acids is 2. The van der Waals surface area contributed by atoms with Gasteiger partial charge >= 0.3 is 11.8 Å². The van der Waals surface area contributed by atoms with E-state index in [1.54, 1.807) is 24.5 Å². The van der Waals surface area contributed by atoms with E-state index in [1.807, 2.05) is 0 Å². The summed E-state index contributed by atoms with van der Waals surface area (Å²) in [7, 11) is 0. The Morgan fingerprint density at radius 3 is 2.90 bits per heavy atom. The van der Waals surface area contributed by atoms with E-state index in [4.69, 9.17) is 4.74 Å². The van der Waals surface area contributed by atoms with E-state index in [0.29, 0.717) is 32.0 Å². The van der Waals surface area contributed by atoms with Crippen molar-refractivity contribution in [1.82, 2.24) is 14.9 Å². The molecule has 2 N–H and O–H groups in total. The minimum atomic E-state index is -0.634. The van der Waals surface area contributed by atoms with Crippen LogP contribution >= 0.6 is 0 Å². The van der Waals surface area contributed by atoms with E-state index < -0.39 is 11.8 Å². The number of hydrogen-bond donors (Lipinski definition) is 2. The first-order valence-corrected chi connectivity index (χ1v) is 6.35. The molecule has 1 saturated heterocycles. The normalized spacial score (nSPS) is 15.3. The number of nitrogens with one attached hydrogen (secondary N) is 2. The number of imidazole rings is 1. The number of carbonyl (C=O) groups is 2. The van der Waals surface area contributed by atoms with Crippen LogP contribution in [-0.2, 0) is 14.3 Å². The van der Waals surface area contributed by atoms with Crippen molar-refractivity contribution >= 4 is 28.5 Å². The van der Waals surface area contributed by atoms with Crippen LogP contribution in [0.5, 0.6) is 0 Å². The second-order valence-electron chi connectivity index (χ2n) is 4.49. The molecular formula is C13H14N4O3. The van der Waals surface area contributed by atoms with E-state index >= 15 is 0 Å². The Morgan fingerprint density at radius 2 is 2.10 bits per heavy atom. The number of nitrogens with zero attached hydrogens (tertiary/aromatic N) is 2. The van der Waals surface area contributed by atoms with Gasteiger partial charge in [0.2, 0.25) is 0 Å². The average molecular weight is 274 g/mol. The standard InChI is InChI=1S/C13H14N4O3/c18-12(13(19)17-3-5-20-6-4-17)16-9-1-2-10-11(7-9)15-8-14-10/h1-2,7-8H,3-6H2,(H,14,15)(H,16,18). The summed E-state index contributed by atoms with van der Waals surface area (Å²) in [4.78, 5) is 32.4. The molecule has 3 rings (SSSR count). The Balaban J connectivity index is 1.69. The quantitative estimate of drug-likeness (QED) is 0.735. The van der Waals surface area contributed by atoms with Gasteiger partial charge in [-0.1, -0.05) is 0 Å². The van der Waals surface area contributed by atoms with Crippen LogP contribution in [0.25, 0.3) is 11.0 Å². The molecule has 0 spiro atoms. The molecule has 0 saturated carbocycles. The lowest BCUT2D eigenvalue weighted by atomic mass is 10.2. The van der Waals surface area contributed by atoms with Crippen molar-refractivity contribution in [3.63, 3.8) is 0 Å². The van der Waals surface area contributed by atoms with E-state index in [-0.39, 0.29) is 0 Å². The Bertz CT molecular complexity index is 646. The van der Waals surface area contributed by atoms with Crippen molar-refractivity contribution in [1.29, 1.82) is 0 Å². The van der Waals surface area contributed by atoms with Gasteiger partial charge in [0.05, 0.1) is 30.6 Å². The third-order valence-corrected chi connectivity index (χ3v) is 3.17. The van der Waals surface area contributed by atoms with Gasteiger partial charge in [0.1, 0.15) is 0 Å². The molecule has 0 atom stereocenters. The lowest BCUT2D eigenvalue weighted by Crippen LogP contribution is -2.45. The second kappa shape index (κ2) is 5.30. The molecule has 7 nitrogen and oxygen atoms in total. The van der Waals surface area contributed by atoms with Crippen molar-refractivity contribution in [3.8, 4) is 0 Å². The van der Waals surface area contributed by atoms with Crippen LogP contribution in [0.4, 0.5) is 5.69 Å². The first-order chi connectivity index (χ1) is 9.74. The average Bonchev–Trinajstić information content (AvgIpc) is 2.95. The number of H-pyrrole nitrogens is 1. The number of morpholine rings is 1. The maximum Gasteiger partial charge on any atom is 0.313 e. The number of rotatable bonds is 1. The Kier molecular flexibility index (Phi) is 3.34. The van der Waals surface area contributed by atoms with Gasteiger partial charge in [-0.25, -0.2) is 4.98 Å². The Morgan fingerprint density at radius 1 is 1.30 bits per heavy atom. The molecule has 0 aliphatic carbocycles. The molecule has 1 aromatic heterocycles. The van der Waals surface area contributed by atoms with Crippen LogP contribution in [0.1, 0.15) is 0 Å². The zero-order chi connectivity index (χ0) is 13.9. The van der Waals surface area contributed by atoms with Gasteiger partial charge in [-0.15, -0.1) is 0 Å². The van der Waals surface area contributed by atoms with Crippen LogP contribution in [0.3, 0.4) is 0 Å². The van der Waals surface area contributed by atoms with E-state index in [0.717, 1.165) is 11.0 Å². The first-order valence-electron chi connectivity index (χ1n) is 6.35. The highest BCUT2D eigenvalue weighted by atomic mass is 16.5. The summed E-state index contributed by atoms with van der Waals surface area (Å²) in [5, 5.41) is 2.60. The third kappa shape index (κ3) is 2.48. The van der Waals surface area contributed by atoms with Crippen LogP contribution in [0.2, 0.25) is 0 Å². The molecule has 1 aromatic carbocycles. The van der Waals surface area contributed by atoms with Crippen molar-refractivity contribution in [2.45, 2.75) is 0 Å². The summed E-state index contributed by atoms with van der Waals surface area (Å²) in [6, 6.07) is 5.24. The van der Waals surface area contributed by atoms with Crippen molar-refractivity contribution < 1.29 is 14.3 Å². The summed E-state index contributed by atoms with van der Waals surface area (Å²) >= 11 is 0. The number of ether oxygens (including phenoxy) is 1. The van der Waals surface area contributed by atoms with E-state index in [2.05, 4.69) is 15.3 Å². The fourth-order valence-corrected chi connectivity index (χ4v) is 2.11. The fourth-order valence-electron chi connectivity index (χ4n) is 2.11. The zero-order valence-corrected chi connectivity index (χ0v) is 10.8. The molecule has 20 heavy (non-hydrogen) atoms. The predicted octanol–water partition coefficient (Wildman–Crippen LogP) is 0.360. The lowest BCUT2D eigenvalue weighted by molar-refractivity contribution is -0.145. The molecule has 0 bridgehead atoms. The predicted molar refractivity (Wildman–Crippen MR) is 72.1 cm³/mol. The van der Waals surface area contributed by atoms with Gasteiger partial charge in [0.25, 0.3) is 0 Å². The number of fused-ring (bicyclic) bond motifs is 1. The Hall–Kier alpha value is -2.41.